The van der Waals surface area contributed by atoms with Crippen LogP contribution in [0.1, 0.15) is 69.5 Å². The number of hydrogen-bond donors (Lipinski definition) is 0. The van der Waals surface area contributed by atoms with E-state index in [1.165, 1.54) is 0 Å². The third-order valence-electron chi connectivity index (χ3n) is 4.02. The van der Waals surface area contributed by atoms with E-state index in [0.29, 0.717) is 17.8 Å². The van der Waals surface area contributed by atoms with Crippen molar-refractivity contribution in [2.24, 2.45) is 0 Å². The lowest BCUT2D eigenvalue weighted by Gasteiger charge is -2.28. The molecule has 1 saturated heterocycles. The minimum absolute atomic E-state index is 0.300. The fraction of sp³-hybridized carbons (Fsp3) is 0.733. The highest BCUT2D eigenvalue weighted by atomic mass is 16.5. The van der Waals surface area contributed by atoms with Gasteiger partial charge in [0.05, 0.1) is 0 Å². The van der Waals surface area contributed by atoms with Gasteiger partial charge in [-0.1, -0.05) is 25.9 Å². The third-order valence-corrected chi connectivity index (χ3v) is 4.02. The smallest absolute Gasteiger partial charge is 0.266 e. The van der Waals surface area contributed by atoms with Crippen molar-refractivity contribution in [2.75, 3.05) is 18.0 Å². The summed E-state index contributed by atoms with van der Waals surface area (Å²) in [6, 6.07) is 0. The average Bonchev–Trinajstić information content (AvgIpc) is 3.17. The monoisotopic (exact) mass is 305 g/mol. The Hall–Kier alpha value is -1.92. The first kappa shape index (κ1) is 15.0. The van der Waals surface area contributed by atoms with Crippen molar-refractivity contribution in [3.05, 3.63) is 17.6 Å². The van der Waals surface area contributed by atoms with Crippen molar-refractivity contribution in [3.8, 4) is 0 Å². The van der Waals surface area contributed by atoms with E-state index >= 15 is 0 Å². The maximum Gasteiger partial charge on any atom is 0.266 e. The van der Waals surface area contributed by atoms with Crippen LogP contribution in [0.3, 0.4) is 0 Å². The molecule has 0 unspecified atom stereocenters. The lowest BCUT2D eigenvalue weighted by molar-refractivity contribution is 0.324. The molecule has 0 N–H and O–H groups in total. The number of rotatable bonds is 5. The lowest BCUT2D eigenvalue weighted by atomic mass is 9.97. The van der Waals surface area contributed by atoms with Gasteiger partial charge in [0, 0.05) is 31.3 Å². The van der Waals surface area contributed by atoms with Crippen LogP contribution in [0.25, 0.3) is 0 Å². The maximum atomic E-state index is 5.41. The summed E-state index contributed by atoms with van der Waals surface area (Å²) in [5, 5.41) is 8.12. The van der Waals surface area contributed by atoms with Gasteiger partial charge in [-0.15, -0.1) is 0 Å². The number of aromatic nitrogens is 4. The largest absolute Gasteiger partial charge is 0.339 e. The van der Waals surface area contributed by atoms with Crippen molar-refractivity contribution in [1.29, 1.82) is 0 Å². The Balaban J connectivity index is 1.59. The average molecular weight is 305 g/mol. The Labute approximate surface area is 130 Å². The minimum Gasteiger partial charge on any atom is -0.339 e. The van der Waals surface area contributed by atoms with Crippen LogP contribution in [0.2, 0.25) is 0 Å². The quantitative estimate of drug-likeness (QED) is 0.840. The normalized spacial score (nSPS) is 16.6. The van der Waals surface area contributed by atoms with Gasteiger partial charge < -0.3 is 13.9 Å². The third kappa shape index (κ3) is 3.13. The molecule has 3 heterocycles. The Morgan fingerprint density at radius 3 is 2.55 bits per heavy atom. The Morgan fingerprint density at radius 2 is 1.91 bits per heavy atom. The molecule has 0 aromatic carbocycles. The molecule has 120 valence electrons. The van der Waals surface area contributed by atoms with Crippen LogP contribution in [0.4, 0.5) is 5.95 Å². The van der Waals surface area contributed by atoms with Gasteiger partial charge in [0.2, 0.25) is 11.8 Å². The van der Waals surface area contributed by atoms with E-state index in [1.807, 2.05) is 0 Å². The van der Waals surface area contributed by atoms with E-state index in [1.54, 1.807) is 0 Å². The zero-order valence-electron chi connectivity index (χ0n) is 13.4. The molecule has 2 aromatic rings. The van der Waals surface area contributed by atoms with E-state index < -0.39 is 0 Å². The first-order chi connectivity index (χ1) is 10.7. The molecular formula is C15H23N5O2. The van der Waals surface area contributed by atoms with Crippen LogP contribution < -0.4 is 4.90 Å². The van der Waals surface area contributed by atoms with Crippen molar-refractivity contribution in [3.63, 3.8) is 0 Å². The summed E-state index contributed by atoms with van der Waals surface area (Å²) < 4.78 is 10.7. The van der Waals surface area contributed by atoms with E-state index in [0.717, 1.165) is 56.4 Å². The van der Waals surface area contributed by atoms with Crippen molar-refractivity contribution >= 4 is 5.95 Å². The van der Waals surface area contributed by atoms with Gasteiger partial charge in [-0.05, 0) is 24.4 Å². The van der Waals surface area contributed by atoms with Crippen LogP contribution in [-0.4, -0.2) is 33.4 Å². The highest BCUT2D eigenvalue weighted by Crippen LogP contribution is 2.29. The summed E-state index contributed by atoms with van der Waals surface area (Å²) in [4.78, 5) is 11.1. The van der Waals surface area contributed by atoms with Crippen LogP contribution in [-0.2, 0) is 6.42 Å². The van der Waals surface area contributed by atoms with Crippen LogP contribution >= 0.6 is 0 Å². The fourth-order valence-electron chi connectivity index (χ4n) is 2.66. The molecule has 0 aliphatic carbocycles. The molecular weight excluding hydrogens is 282 g/mol. The molecule has 2 aromatic heterocycles. The summed E-state index contributed by atoms with van der Waals surface area (Å²) in [7, 11) is 0. The van der Waals surface area contributed by atoms with Crippen LogP contribution in [0.15, 0.2) is 9.05 Å². The lowest BCUT2D eigenvalue weighted by Crippen LogP contribution is -2.33. The summed E-state index contributed by atoms with van der Waals surface area (Å²) in [6.45, 7) is 8.01. The molecule has 22 heavy (non-hydrogen) atoms. The number of anilines is 1. The number of nitrogens with zero attached hydrogens (tertiary/aromatic N) is 5. The van der Waals surface area contributed by atoms with Gasteiger partial charge in [-0.3, -0.25) is 0 Å². The Kier molecular flexibility index (Phi) is 4.40. The molecule has 1 aliphatic heterocycles. The number of hydrogen-bond acceptors (Lipinski definition) is 7. The van der Waals surface area contributed by atoms with Gasteiger partial charge >= 0.3 is 0 Å². The topological polar surface area (TPSA) is 81.1 Å². The van der Waals surface area contributed by atoms with E-state index in [2.05, 4.69) is 46.0 Å². The molecule has 0 bridgehead atoms. The summed E-state index contributed by atoms with van der Waals surface area (Å²) in [5.74, 6) is 3.61. The molecule has 1 aliphatic rings. The van der Waals surface area contributed by atoms with E-state index in [-0.39, 0.29) is 0 Å². The molecule has 7 nitrogen and oxygen atoms in total. The molecule has 1 fully saturated rings. The highest BCUT2D eigenvalue weighted by molar-refractivity contribution is 5.29. The van der Waals surface area contributed by atoms with Gasteiger partial charge in [-0.2, -0.15) is 9.97 Å². The molecule has 0 amide bonds. The summed E-state index contributed by atoms with van der Waals surface area (Å²) >= 11 is 0. The van der Waals surface area contributed by atoms with Crippen LogP contribution in [0.5, 0.6) is 0 Å². The Morgan fingerprint density at radius 1 is 1.14 bits per heavy atom. The second-order valence-corrected chi connectivity index (χ2v) is 6.14. The predicted octanol–water partition coefficient (Wildman–Crippen LogP) is 2.91. The first-order valence-corrected chi connectivity index (χ1v) is 8.08. The van der Waals surface area contributed by atoms with Gasteiger partial charge in [0.15, 0.2) is 5.82 Å². The van der Waals surface area contributed by atoms with Gasteiger partial charge in [0.1, 0.15) is 0 Å². The number of piperidine rings is 1. The number of aryl methyl sites for hydroxylation is 1. The second-order valence-electron chi connectivity index (χ2n) is 6.14. The second kappa shape index (κ2) is 6.46. The molecule has 0 spiro atoms. The van der Waals surface area contributed by atoms with E-state index in [9.17, 15) is 0 Å². The first-order valence-electron chi connectivity index (χ1n) is 8.08. The van der Waals surface area contributed by atoms with Crippen LogP contribution in [0, 0.1) is 0 Å². The Bertz CT molecular complexity index is 599. The molecule has 0 saturated carbocycles. The van der Waals surface area contributed by atoms with Gasteiger partial charge in [0.25, 0.3) is 5.95 Å². The molecule has 3 rings (SSSR count). The summed E-state index contributed by atoms with van der Waals surface area (Å²) in [6.07, 6.45) is 3.79. The van der Waals surface area contributed by atoms with Gasteiger partial charge in [-0.25, -0.2) is 0 Å². The fourth-order valence-corrected chi connectivity index (χ4v) is 2.66. The molecule has 0 atom stereocenters. The standard InChI is InChI=1S/C15H23N5O2/c1-4-5-12-16-15(19-21-12)20-8-6-11(7-9-20)14-17-13(10(2)3)18-22-14/h10-11H,4-9H2,1-3H3. The van der Waals surface area contributed by atoms with Crippen molar-refractivity contribution in [2.45, 2.75) is 58.3 Å². The zero-order valence-corrected chi connectivity index (χ0v) is 13.4. The predicted molar refractivity (Wildman–Crippen MR) is 80.9 cm³/mol. The molecule has 7 heteroatoms. The summed E-state index contributed by atoms with van der Waals surface area (Å²) in [5.41, 5.74) is 0. The van der Waals surface area contributed by atoms with Crippen molar-refractivity contribution in [1.82, 2.24) is 20.3 Å². The van der Waals surface area contributed by atoms with Crippen molar-refractivity contribution < 1.29 is 9.05 Å². The zero-order chi connectivity index (χ0) is 15.5. The SMILES string of the molecule is CCCc1nc(N2CCC(c3nc(C(C)C)no3)CC2)no1. The maximum absolute atomic E-state index is 5.41. The highest BCUT2D eigenvalue weighted by Gasteiger charge is 2.27. The minimum atomic E-state index is 0.300. The van der Waals surface area contributed by atoms with E-state index in [4.69, 9.17) is 9.05 Å². The molecule has 0 radical (unpaired) electrons.